The van der Waals surface area contributed by atoms with Crippen molar-refractivity contribution in [3.8, 4) is 0 Å². The van der Waals surface area contributed by atoms with Gasteiger partial charge in [0.25, 0.3) is 0 Å². The number of halogens is 1. The predicted molar refractivity (Wildman–Crippen MR) is 68.8 cm³/mol. The minimum Gasteiger partial charge on any atom is -0.326 e. The van der Waals surface area contributed by atoms with Gasteiger partial charge in [0, 0.05) is 16.2 Å². The smallest absolute Gasteiger partial charge is 0.182 e. The highest BCUT2D eigenvalue weighted by Crippen LogP contribution is 2.11. The summed E-state index contributed by atoms with van der Waals surface area (Å²) in [4.78, 5) is 12.0. The molecule has 0 atom stereocenters. The van der Waals surface area contributed by atoms with Crippen molar-refractivity contribution < 1.29 is 4.79 Å². The minimum atomic E-state index is 0.00204. The molecule has 2 rings (SSSR count). The van der Waals surface area contributed by atoms with Gasteiger partial charge in [0.15, 0.2) is 5.78 Å². The van der Waals surface area contributed by atoms with E-state index in [1.165, 1.54) is 0 Å². The first-order valence-corrected chi connectivity index (χ1v) is 5.95. The molecule has 3 nitrogen and oxygen atoms in total. The highest BCUT2D eigenvalue weighted by Gasteiger charge is 2.06. The minimum absolute atomic E-state index is 0.00204. The number of hydrogen-bond donors (Lipinski definition) is 1. The second-order valence-electron chi connectivity index (χ2n) is 3.64. The van der Waals surface area contributed by atoms with Crippen LogP contribution in [0.1, 0.15) is 10.4 Å². The van der Waals surface area contributed by atoms with E-state index in [0.717, 1.165) is 4.47 Å². The molecule has 0 bridgehead atoms. The Morgan fingerprint density at radius 3 is 2.53 bits per heavy atom. The third-order valence-corrected chi connectivity index (χ3v) is 2.95. The first kappa shape index (κ1) is 11.8. The number of Topliss-reactive ketones (excluding diaryl/α,β-unsaturated/α-hetero) is 1. The molecular formula is C13H11BrN2O. The molecule has 86 valence electrons. The van der Waals surface area contributed by atoms with Gasteiger partial charge in [0.1, 0.15) is 5.49 Å². The van der Waals surface area contributed by atoms with Crippen LogP contribution < -0.4 is 5.49 Å². The Morgan fingerprint density at radius 2 is 1.88 bits per heavy atom. The number of carbonyl (C=O) groups is 1. The molecule has 1 aromatic heterocycles. The van der Waals surface area contributed by atoms with E-state index in [1.54, 1.807) is 35.0 Å². The lowest BCUT2D eigenvalue weighted by Crippen LogP contribution is -2.22. The first-order chi connectivity index (χ1) is 8.16. The van der Waals surface area contributed by atoms with E-state index >= 15 is 0 Å². The van der Waals surface area contributed by atoms with Crippen molar-refractivity contribution in [2.45, 2.75) is 6.54 Å². The molecule has 0 saturated heterocycles. The van der Waals surface area contributed by atoms with E-state index in [-0.39, 0.29) is 12.3 Å². The molecule has 0 radical (unpaired) electrons. The predicted octanol–water partition coefficient (Wildman–Crippen LogP) is 2.61. The Morgan fingerprint density at radius 1 is 1.18 bits per heavy atom. The summed E-state index contributed by atoms with van der Waals surface area (Å²) in [7, 11) is 0. The van der Waals surface area contributed by atoms with E-state index in [9.17, 15) is 4.79 Å². The van der Waals surface area contributed by atoms with Crippen molar-refractivity contribution >= 4 is 21.7 Å². The zero-order chi connectivity index (χ0) is 12.3. The van der Waals surface area contributed by atoms with Crippen LogP contribution in [-0.2, 0) is 6.54 Å². The fraction of sp³-hybridized carbons (Fsp3) is 0.0769. The summed E-state index contributed by atoms with van der Waals surface area (Å²) in [6.07, 6.45) is 1.74. The summed E-state index contributed by atoms with van der Waals surface area (Å²) < 4.78 is 2.56. The third-order valence-electron chi connectivity index (χ3n) is 2.42. The van der Waals surface area contributed by atoms with Crippen molar-refractivity contribution in [2.24, 2.45) is 0 Å². The lowest BCUT2D eigenvalue weighted by atomic mass is 10.1. The van der Waals surface area contributed by atoms with Crippen molar-refractivity contribution in [3.63, 3.8) is 0 Å². The number of nitrogens with one attached hydrogen (secondary N) is 1. The van der Waals surface area contributed by atoms with Crippen LogP contribution >= 0.6 is 15.9 Å². The topological polar surface area (TPSA) is 45.9 Å². The second-order valence-corrected chi connectivity index (χ2v) is 4.56. The Kier molecular flexibility index (Phi) is 3.54. The number of hydrogen-bond acceptors (Lipinski definition) is 2. The highest BCUT2D eigenvalue weighted by molar-refractivity contribution is 9.10. The summed E-state index contributed by atoms with van der Waals surface area (Å²) in [6.45, 7) is 0.196. The number of rotatable bonds is 3. The van der Waals surface area contributed by atoms with Crippen molar-refractivity contribution in [2.75, 3.05) is 0 Å². The summed E-state index contributed by atoms with van der Waals surface area (Å²) in [5.41, 5.74) is 0.988. The molecule has 1 aromatic carbocycles. The van der Waals surface area contributed by atoms with Crippen LogP contribution in [0.25, 0.3) is 0 Å². The van der Waals surface area contributed by atoms with Crippen LogP contribution in [0.4, 0.5) is 0 Å². The molecule has 4 heteroatoms. The van der Waals surface area contributed by atoms with E-state index in [2.05, 4.69) is 15.9 Å². The van der Waals surface area contributed by atoms with Gasteiger partial charge in [0.05, 0.1) is 6.54 Å². The van der Waals surface area contributed by atoms with Gasteiger partial charge in [-0.1, -0.05) is 34.1 Å². The quantitative estimate of drug-likeness (QED) is 0.868. The van der Waals surface area contributed by atoms with Crippen LogP contribution in [0.3, 0.4) is 0 Å². The van der Waals surface area contributed by atoms with Gasteiger partial charge in [-0.3, -0.25) is 10.2 Å². The summed E-state index contributed by atoms with van der Waals surface area (Å²) in [6, 6.07) is 12.5. The second kappa shape index (κ2) is 5.10. The fourth-order valence-electron chi connectivity index (χ4n) is 1.50. The highest BCUT2D eigenvalue weighted by atomic mass is 79.9. The maximum Gasteiger partial charge on any atom is 0.182 e. The first-order valence-electron chi connectivity index (χ1n) is 5.15. The van der Waals surface area contributed by atoms with Gasteiger partial charge in [-0.2, -0.15) is 0 Å². The molecule has 0 unspecified atom stereocenters. The van der Waals surface area contributed by atoms with Gasteiger partial charge in [-0.15, -0.1) is 0 Å². The van der Waals surface area contributed by atoms with Gasteiger partial charge >= 0.3 is 0 Å². The summed E-state index contributed by atoms with van der Waals surface area (Å²) >= 11 is 3.33. The Bertz CT molecular complexity index is 587. The van der Waals surface area contributed by atoms with Crippen LogP contribution in [0.5, 0.6) is 0 Å². The molecule has 0 amide bonds. The Hall–Kier alpha value is -1.68. The molecule has 0 aliphatic carbocycles. The SMILES string of the molecule is N=c1ccccn1CC(=O)c1ccc(Br)cc1. The number of carbonyl (C=O) groups excluding carboxylic acids is 1. The molecule has 0 aliphatic rings. The standard InChI is InChI=1S/C13H11BrN2O/c14-11-6-4-10(5-7-11)12(17)9-16-8-2-1-3-13(16)15/h1-8,15H,9H2. The van der Waals surface area contributed by atoms with Gasteiger partial charge in [-0.05, 0) is 24.3 Å². The molecule has 2 aromatic rings. The average Bonchev–Trinajstić information content (AvgIpc) is 2.33. The van der Waals surface area contributed by atoms with Gasteiger partial charge in [-0.25, -0.2) is 0 Å². The normalized spacial score (nSPS) is 10.2. The number of ketones is 1. The van der Waals surface area contributed by atoms with Crippen molar-refractivity contribution in [3.05, 3.63) is 64.2 Å². The molecule has 1 heterocycles. The molecule has 0 aliphatic heterocycles. The van der Waals surface area contributed by atoms with Gasteiger partial charge < -0.3 is 4.57 Å². The largest absolute Gasteiger partial charge is 0.326 e. The number of nitrogens with zero attached hydrogens (tertiary/aromatic N) is 1. The van der Waals surface area contributed by atoms with E-state index in [0.29, 0.717) is 11.1 Å². The third kappa shape index (κ3) is 2.91. The average molecular weight is 291 g/mol. The summed E-state index contributed by atoms with van der Waals surface area (Å²) in [5.74, 6) is 0.00204. The van der Waals surface area contributed by atoms with Crippen LogP contribution in [0.2, 0.25) is 0 Å². The van der Waals surface area contributed by atoms with Crippen LogP contribution in [0.15, 0.2) is 53.1 Å². The van der Waals surface area contributed by atoms with Crippen LogP contribution in [-0.4, -0.2) is 10.4 Å². The zero-order valence-corrected chi connectivity index (χ0v) is 10.6. The van der Waals surface area contributed by atoms with E-state index in [1.807, 2.05) is 18.2 Å². The maximum atomic E-state index is 12.0. The van der Waals surface area contributed by atoms with Crippen molar-refractivity contribution in [1.82, 2.24) is 4.57 Å². The van der Waals surface area contributed by atoms with Gasteiger partial charge in [0.2, 0.25) is 0 Å². The molecule has 0 fully saturated rings. The Labute approximate surface area is 107 Å². The number of benzene rings is 1. The van der Waals surface area contributed by atoms with E-state index < -0.39 is 0 Å². The molecular weight excluding hydrogens is 280 g/mol. The fourth-order valence-corrected chi connectivity index (χ4v) is 1.76. The van der Waals surface area contributed by atoms with Crippen molar-refractivity contribution in [1.29, 1.82) is 5.41 Å². The van der Waals surface area contributed by atoms with E-state index in [4.69, 9.17) is 5.41 Å². The lowest BCUT2D eigenvalue weighted by molar-refractivity contribution is 0.0970. The molecule has 17 heavy (non-hydrogen) atoms. The lowest BCUT2D eigenvalue weighted by Gasteiger charge is -2.05. The zero-order valence-electron chi connectivity index (χ0n) is 9.06. The maximum absolute atomic E-state index is 12.0. The Balaban J connectivity index is 2.20. The number of pyridine rings is 1. The molecule has 0 saturated carbocycles. The molecule has 1 N–H and O–H groups in total. The van der Waals surface area contributed by atoms with Crippen LogP contribution in [0, 0.1) is 5.41 Å². The summed E-state index contributed by atoms with van der Waals surface area (Å²) in [5, 5.41) is 7.66. The monoisotopic (exact) mass is 290 g/mol. The number of aromatic nitrogens is 1. The molecule has 0 spiro atoms.